The zero-order chi connectivity index (χ0) is 27.6. The van der Waals surface area contributed by atoms with Crippen LogP contribution in [-0.2, 0) is 11.3 Å². The van der Waals surface area contributed by atoms with E-state index >= 15 is 8.78 Å². The molecule has 6 rings (SSSR count). The molecule has 2 saturated heterocycles. The van der Waals surface area contributed by atoms with Crippen molar-refractivity contribution in [2.24, 2.45) is 0 Å². The Balaban J connectivity index is 1.32. The summed E-state index contributed by atoms with van der Waals surface area (Å²) in [5.41, 5.74) is 4.13. The fraction of sp³-hybridized carbons (Fsp3) is 0.323. The molecule has 7 nitrogen and oxygen atoms in total. The summed E-state index contributed by atoms with van der Waals surface area (Å²) in [5.74, 6) is -1.18. The minimum atomic E-state index is -0.585. The number of carbonyl (C=O) groups is 1. The second kappa shape index (κ2) is 11.4. The van der Waals surface area contributed by atoms with Crippen LogP contribution in [0.1, 0.15) is 15.9 Å². The van der Waals surface area contributed by atoms with Gasteiger partial charge in [-0.1, -0.05) is 24.3 Å². The molecule has 1 aromatic heterocycles. The van der Waals surface area contributed by atoms with Crippen molar-refractivity contribution in [1.29, 1.82) is 0 Å². The molecular formula is C31H31F2N5O2. The smallest absolute Gasteiger partial charge is 0.253 e. The van der Waals surface area contributed by atoms with Crippen molar-refractivity contribution in [3.63, 3.8) is 0 Å². The molecule has 206 valence electrons. The summed E-state index contributed by atoms with van der Waals surface area (Å²) < 4.78 is 35.8. The van der Waals surface area contributed by atoms with E-state index in [1.165, 1.54) is 12.1 Å². The molecule has 0 bridgehead atoms. The molecular weight excluding hydrogens is 512 g/mol. The molecule has 0 aliphatic carbocycles. The van der Waals surface area contributed by atoms with Crippen LogP contribution < -0.4 is 0 Å². The van der Waals surface area contributed by atoms with Gasteiger partial charge in [-0.2, -0.15) is 0 Å². The van der Waals surface area contributed by atoms with Gasteiger partial charge in [0.05, 0.1) is 36.1 Å². The molecule has 2 aliphatic heterocycles. The van der Waals surface area contributed by atoms with Gasteiger partial charge in [0, 0.05) is 68.1 Å². The number of rotatable bonds is 5. The minimum absolute atomic E-state index is 0.00694. The summed E-state index contributed by atoms with van der Waals surface area (Å²) in [4.78, 5) is 28.7. The third kappa shape index (κ3) is 5.45. The summed E-state index contributed by atoms with van der Waals surface area (Å²) in [6.45, 7) is 5.68. The number of piperazine rings is 1. The van der Waals surface area contributed by atoms with Crippen LogP contribution in [0.4, 0.5) is 8.78 Å². The lowest BCUT2D eigenvalue weighted by Crippen LogP contribution is -2.47. The van der Waals surface area contributed by atoms with E-state index in [2.05, 4.69) is 16.9 Å². The number of para-hydroxylation sites is 1. The second-order valence-electron chi connectivity index (χ2n) is 10.4. The normalized spacial score (nSPS) is 16.9. The lowest BCUT2D eigenvalue weighted by Gasteiger charge is -2.32. The van der Waals surface area contributed by atoms with Crippen LogP contribution in [0, 0.1) is 11.6 Å². The molecule has 40 heavy (non-hydrogen) atoms. The third-order valence-electron chi connectivity index (χ3n) is 7.71. The predicted octanol–water partition coefficient (Wildman–Crippen LogP) is 4.46. The van der Waals surface area contributed by atoms with Gasteiger partial charge in [-0.3, -0.25) is 14.7 Å². The van der Waals surface area contributed by atoms with Crippen molar-refractivity contribution >= 4 is 16.9 Å². The highest BCUT2D eigenvalue weighted by atomic mass is 19.1. The fourth-order valence-electron chi connectivity index (χ4n) is 5.30. The number of fused-ring (bicyclic) bond motifs is 1. The van der Waals surface area contributed by atoms with Crippen LogP contribution >= 0.6 is 0 Å². The first-order valence-corrected chi connectivity index (χ1v) is 13.6. The number of aromatic nitrogens is 2. The number of benzene rings is 3. The zero-order valence-electron chi connectivity index (χ0n) is 22.4. The van der Waals surface area contributed by atoms with E-state index in [0.29, 0.717) is 72.8 Å². The Labute approximate surface area is 232 Å². The molecule has 2 fully saturated rings. The molecule has 0 radical (unpaired) electrons. The topological polar surface area (TPSA) is 61.8 Å². The van der Waals surface area contributed by atoms with E-state index in [1.807, 2.05) is 40.1 Å². The van der Waals surface area contributed by atoms with Crippen LogP contribution in [-0.4, -0.2) is 90.1 Å². The number of ether oxygens (including phenoxy) is 1. The van der Waals surface area contributed by atoms with Gasteiger partial charge < -0.3 is 14.5 Å². The maximum absolute atomic E-state index is 15.2. The molecule has 0 unspecified atom stereocenters. The Hall–Kier alpha value is -3.79. The molecule has 1 amide bonds. The Bertz CT molecular complexity index is 1530. The first-order valence-electron chi connectivity index (χ1n) is 13.6. The minimum Gasteiger partial charge on any atom is -0.379 e. The van der Waals surface area contributed by atoms with Gasteiger partial charge in [0.15, 0.2) is 0 Å². The summed E-state index contributed by atoms with van der Waals surface area (Å²) in [6, 6.07) is 15.5. The van der Waals surface area contributed by atoms with Gasteiger partial charge in [0.25, 0.3) is 5.91 Å². The molecule has 0 spiro atoms. The highest BCUT2D eigenvalue weighted by molar-refractivity contribution is 5.96. The zero-order valence-corrected chi connectivity index (χ0v) is 22.4. The first kappa shape index (κ1) is 26.4. The lowest BCUT2D eigenvalue weighted by atomic mass is 10.0. The van der Waals surface area contributed by atoms with E-state index in [0.717, 1.165) is 18.7 Å². The van der Waals surface area contributed by atoms with Crippen LogP contribution in [0.2, 0.25) is 0 Å². The average Bonchev–Trinajstić information content (AvgIpc) is 2.99. The summed E-state index contributed by atoms with van der Waals surface area (Å²) in [6.07, 6.45) is 1.66. The Morgan fingerprint density at radius 2 is 1.62 bits per heavy atom. The van der Waals surface area contributed by atoms with Crippen molar-refractivity contribution in [3.05, 3.63) is 83.6 Å². The van der Waals surface area contributed by atoms with E-state index in [1.54, 1.807) is 18.3 Å². The summed E-state index contributed by atoms with van der Waals surface area (Å²) in [7, 11) is 2.05. The maximum atomic E-state index is 15.2. The highest BCUT2D eigenvalue weighted by Crippen LogP contribution is 2.31. The lowest BCUT2D eigenvalue weighted by molar-refractivity contribution is 0.0332. The van der Waals surface area contributed by atoms with Crippen LogP contribution in [0.25, 0.3) is 33.4 Å². The number of likely N-dealkylation sites (N-methyl/N-ethyl adjacent to an activating group) is 1. The third-order valence-corrected chi connectivity index (χ3v) is 7.71. The van der Waals surface area contributed by atoms with E-state index in [4.69, 9.17) is 9.72 Å². The second-order valence-corrected chi connectivity index (χ2v) is 10.4. The first-order chi connectivity index (χ1) is 19.5. The number of nitrogens with zero attached hydrogens (tertiary/aromatic N) is 5. The number of morpholine rings is 1. The predicted molar refractivity (Wildman–Crippen MR) is 150 cm³/mol. The number of hydrogen-bond donors (Lipinski definition) is 0. The molecule has 3 aromatic carbocycles. The molecule has 0 atom stereocenters. The molecule has 2 aliphatic rings. The van der Waals surface area contributed by atoms with Gasteiger partial charge in [0.2, 0.25) is 0 Å². The van der Waals surface area contributed by atoms with Crippen molar-refractivity contribution in [2.45, 2.75) is 6.54 Å². The number of carbonyl (C=O) groups excluding carboxylic acids is 1. The van der Waals surface area contributed by atoms with Gasteiger partial charge in [-0.25, -0.2) is 13.8 Å². The fourth-order valence-corrected chi connectivity index (χ4v) is 5.30. The molecule has 0 N–H and O–H groups in total. The molecule has 9 heteroatoms. The summed E-state index contributed by atoms with van der Waals surface area (Å²) >= 11 is 0. The van der Waals surface area contributed by atoms with Gasteiger partial charge in [0.1, 0.15) is 11.6 Å². The highest BCUT2D eigenvalue weighted by Gasteiger charge is 2.22. The Morgan fingerprint density at radius 3 is 2.38 bits per heavy atom. The van der Waals surface area contributed by atoms with E-state index in [9.17, 15) is 4.79 Å². The standard InChI is InChI=1S/C31H31F2N5O2/c1-36-8-10-38(11-9-36)31(39)22-5-2-4-21(16-22)29-19-34-28-7-3-6-24(30(28)35-29)23-17-26(32)25(27(33)18-23)20-37-12-14-40-15-13-37/h2-7,16-19H,8-15,20H2,1H3. The van der Waals surface area contributed by atoms with Crippen molar-refractivity contribution in [3.8, 4) is 22.4 Å². The van der Waals surface area contributed by atoms with Crippen molar-refractivity contribution in [2.75, 3.05) is 59.5 Å². The largest absolute Gasteiger partial charge is 0.379 e. The molecule has 3 heterocycles. The monoisotopic (exact) mass is 543 g/mol. The van der Waals surface area contributed by atoms with E-state index < -0.39 is 11.6 Å². The number of halogens is 2. The molecule has 0 saturated carbocycles. The van der Waals surface area contributed by atoms with Crippen LogP contribution in [0.5, 0.6) is 0 Å². The van der Waals surface area contributed by atoms with Gasteiger partial charge in [-0.15, -0.1) is 0 Å². The molecule has 4 aromatic rings. The summed E-state index contributed by atoms with van der Waals surface area (Å²) in [5, 5.41) is 0. The van der Waals surface area contributed by atoms with Gasteiger partial charge in [-0.05, 0) is 42.9 Å². The SMILES string of the molecule is CN1CCN(C(=O)c2cccc(-c3cnc4cccc(-c5cc(F)c(CN6CCOCC6)c(F)c5)c4n3)c2)CC1. The Kier molecular flexibility index (Phi) is 7.51. The van der Waals surface area contributed by atoms with Crippen LogP contribution in [0.3, 0.4) is 0 Å². The van der Waals surface area contributed by atoms with Crippen molar-refractivity contribution < 1.29 is 18.3 Å². The quantitative estimate of drug-likeness (QED) is 0.371. The maximum Gasteiger partial charge on any atom is 0.253 e. The van der Waals surface area contributed by atoms with E-state index in [-0.39, 0.29) is 18.0 Å². The number of amides is 1. The van der Waals surface area contributed by atoms with Crippen LogP contribution in [0.15, 0.2) is 60.8 Å². The van der Waals surface area contributed by atoms with Gasteiger partial charge >= 0.3 is 0 Å². The Morgan fingerprint density at radius 1 is 0.900 bits per heavy atom. The average molecular weight is 544 g/mol. The van der Waals surface area contributed by atoms with Crippen molar-refractivity contribution in [1.82, 2.24) is 24.7 Å². The number of hydrogen-bond acceptors (Lipinski definition) is 6.